The van der Waals surface area contributed by atoms with Crippen LogP contribution in [0.5, 0.6) is 5.75 Å². The molecule has 0 aliphatic carbocycles. The maximum Gasteiger partial charge on any atom is 0.364 e. The average molecular weight is 446 g/mol. The van der Waals surface area contributed by atoms with Crippen molar-refractivity contribution in [3.63, 3.8) is 0 Å². The minimum absolute atomic E-state index is 0.139. The van der Waals surface area contributed by atoms with Crippen molar-refractivity contribution in [1.82, 2.24) is 4.72 Å². The van der Waals surface area contributed by atoms with E-state index in [2.05, 4.69) is 4.72 Å². The van der Waals surface area contributed by atoms with Crippen LogP contribution >= 0.6 is 11.6 Å². The number of benzene rings is 3. The number of nitrogens with one attached hydrogen (secondary N) is 1. The van der Waals surface area contributed by atoms with Crippen LogP contribution in [0.4, 0.5) is 0 Å². The zero-order chi connectivity index (χ0) is 21.8. The molecule has 0 bridgehead atoms. The molecule has 0 aliphatic rings. The van der Waals surface area contributed by atoms with Gasteiger partial charge in [0.1, 0.15) is 5.75 Å². The maximum atomic E-state index is 12.6. The molecule has 1 unspecified atom stereocenters. The highest BCUT2D eigenvalue weighted by molar-refractivity contribution is 7.92. The summed E-state index contributed by atoms with van der Waals surface area (Å²) in [7, 11) is -4.15. The largest absolute Gasteiger partial charge is 0.477 e. The summed E-state index contributed by atoms with van der Waals surface area (Å²) in [6.07, 6.45) is 1.21. The lowest BCUT2D eigenvalue weighted by atomic mass is 10.1. The SMILES string of the molecule is CCC(NS(=O)(=O)C=Cc1ccc(Cl)cc1)(Oc1cccc2ccccc12)C(=O)O. The summed E-state index contributed by atoms with van der Waals surface area (Å²) in [4.78, 5) is 12.1. The second-order valence-corrected chi connectivity index (χ2v) is 8.57. The van der Waals surface area contributed by atoms with Crippen molar-refractivity contribution in [2.24, 2.45) is 0 Å². The Morgan fingerprint density at radius 1 is 1.10 bits per heavy atom. The number of ether oxygens (including phenoxy) is 1. The normalized spacial score (nSPS) is 13.9. The average Bonchev–Trinajstić information content (AvgIpc) is 2.73. The van der Waals surface area contributed by atoms with Gasteiger partial charge in [0.25, 0.3) is 5.72 Å². The molecule has 0 amide bonds. The molecule has 0 heterocycles. The van der Waals surface area contributed by atoms with Gasteiger partial charge in [0, 0.05) is 22.2 Å². The number of carboxylic acids is 1. The molecule has 30 heavy (non-hydrogen) atoms. The van der Waals surface area contributed by atoms with Gasteiger partial charge in [-0.1, -0.05) is 67.1 Å². The van der Waals surface area contributed by atoms with Crippen LogP contribution in [0.25, 0.3) is 16.8 Å². The Labute approximate surface area is 179 Å². The predicted molar refractivity (Wildman–Crippen MR) is 118 cm³/mol. The first-order valence-corrected chi connectivity index (χ1v) is 11.0. The molecule has 0 fully saturated rings. The van der Waals surface area contributed by atoms with Crippen LogP contribution in [0.15, 0.2) is 72.1 Å². The Hall–Kier alpha value is -2.87. The summed E-state index contributed by atoms with van der Waals surface area (Å²) < 4.78 is 33.2. The van der Waals surface area contributed by atoms with Gasteiger partial charge in [-0.3, -0.25) is 0 Å². The fraction of sp³-hybridized carbons (Fsp3) is 0.136. The number of aliphatic carboxylic acids is 1. The number of carboxylic acid groups (broad SMARTS) is 1. The maximum absolute atomic E-state index is 12.6. The van der Waals surface area contributed by atoms with Crippen molar-refractivity contribution < 1.29 is 23.1 Å². The molecule has 156 valence electrons. The van der Waals surface area contributed by atoms with Gasteiger partial charge in [-0.15, -0.1) is 0 Å². The Bertz CT molecular complexity index is 1190. The molecule has 0 aromatic heterocycles. The third-order valence-corrected chi connectivity index (χ3v) is 5.85. The first-order valence-electron chi connectivity index (χ1n) is 9.12. The van der Waals surface area contributed by atoms with Crippen molar-refractivity contribution in [3.05, 3.63) is 82.7 Å². The molecule has 0 saturated heterocycles. The van der Waals surface area contributed by atoms with E-state index in [9.17, 15) is 18.3 Å². The zero-order valence-corrected chi connectivity index (χ0v) is 17.7. The number of halogens is 1. The summed E-state index contributed by atoms with van der Waals surface area (Å²) in [6, 6.07) is 19.0. The van der Waals surface area contributed by atoms with Crippen molar-refractivity contribution in [3.8, 4) is 5.75 Å². The highest BCUT2D eigenvalue weighted by Gasteiger charge is 2.43. The zero-order valence-electron chi connectivity index (χ0n) is 16.1. The number of hydrogen-bond acceptors (Lipinski definition) is 4. The van der Waals surface area contributed by atoms with Gasteiger partial charge < -0.3 is 9.84 Å². The fourth-order valence-corrected chi connectivity index (χ4v) is 4.15. The Morgan fingerprint density at radius 2 is 1.77 bits per heavy atom. The summed E-state index contributed by atoms with van der Waals surface area (Å²) in [5, 5.41) is 12.8. The highest BCUT2D eigenvalue weighted by atomic mass is 35.5. The van der Waals surface area contributed by atoms with Gasteiger partial charge >= 0.3 is 5.97 Å². The van der Waals surface area contributed by atoms with Crippen LogP contribution in [0.1, 0.15) is 18.9 Å². The molecule has 2 N–H and O–H groups in total. The van der Waals surface area contributed by atoms with E-state index in [1.807, 2.05) is 18.2 Å². The van der Waals surface area contributed by atoms with Gasteiger partial charge in [0.05, 0.1) is 0 Å². The van der Waals surface area contributed by atoms with E-state index >= 15 is 0 Å². The van der Waals surface area contributed by atoms with Gasteiger partial charge in [0.2, 0.25) is 10.0 Å². The number of sulfonamides is 1. The molecule has 3 aromatic carbocycles. The molecular weight excluding hydrogens is 426 g/mol. The number of hydrogen-bond donors (Lipinski definition) is 2. The smallest absolute Gasteiger partial charge is 0.364 e. The van der Waals surface area contributed by atoms with E-state index in [-0.39, 0.29) is 12.2 Å². The Morgan fingerprint density at radius 3 is 2.43 bits per heavy atom. The number of rotatable bonds is 8. The second-order valence-electron chi connectivity index (χ2n) is 6.57. The lowest BCUT2D eigenvalue weighted by Crippen LogP contribution is -2.57. The van der Waals surface area contributed by atoms with Crippen LogP contribution in [-0.2, 0) is 14.8 Å². The quantitative estimate of drug-likeness (QED) is 0.492. The fourth-order valence-electron chi connectivity index (χ4n) is 2.88. The summed E-state index contributed by atoms with van der Waals surface area (Å²) >= 11 is 5.82. The molecular formula is C22H20ClNO5S. The number of fused-ring (bicyclic) bond motifs is 1. The molecule has 1 atom stereocenters. The van der Waals surface area contributed by atoms with Gasteiger partial charge in [-0.25, -0.2) is 13.2 Å². The van der Waals surface area contributed by atoms with E-state index in [0.717, 1.165) is 10.8 Å². The molecule has 8 heteroatoms. The highest BCUT2D eigenvalue weighted by Crippen LogP contribution is 2.29. The van der Waals surface area contributed by atoms with Crippen LogP contribution in [0.3, 0.4) is 0 Å². The first-order chi connectivity index (χ1) is 14.2. The molecule has 3 rings (SSSR count). The Balaban J connectivity index is 1.93. The summed E-state index contributed by atoms with van der Waals surface area (Å²) in [5.41, 5.74) is -1.58. The third-order valence-electron chi connectivity index (χ3n) is 4.49. The van der Waals surface area contributed by atoms with E-state index in [1.165, 1.54) is 13.0 Å². The molecule has 0 aliphatic heterocycles. The van der Waals surface area contributed by atoms with Gasteiger partial charge in [-0.2, -0.15) is 4.72 Å². The molecule has 3 aromatic rings. The van der Waals surface area contributed by atoms with Crippen molar-refractivity contribution in [1.29, 1.82) is 0 Å². The van der Waals surface area contributed by atoms with E-state index in [0.29, 0.717) is 16.0 Å². The minimum atomic E-state index is -4.15. The number of carbonyl (C=O) groups is 1. The van der Waals surface area contributed by atoms with E-state index in [4.69, 9.17) is 16.3 Å². The molecule has 0 saturated carbocycles. The lowest BCUT2D eigenvalue weighted by Gasteiger charge is -2.29. The molecule has 0 radical (unpaired) electrons. The first kappa shape index (κ1) is 21.8. The topological polar surface area (TPSA) is 92.7 Å². The van der Waals surface area contributed by atoms with Crippen molar-refractivity contribution >= 4 is 44.4 Å². The van der Waals surface area contributed by atoms with Crippen molar-refractivity contribution in [2.75, 3.05) is 0 Å². The van der Waals surface area contributed by atoms with Crippen LogP contribution in [0.2, 0.25) is 5.02 Å². The molecule has 0 spiro atoms. The summed E-state index contributed by atoms with van der Waals surface area (Å²) in [5.74, 6) is -1.18. The summed E-state index contributed by atoms with van der Waals surface area (Å²) in [6.45, 7) is 1.53. The van der Waals surface area contributed by atoms with Gasteiger partial charge in [0.15, 0.2) is 0 Å². The van der Waals surface area contributed by atoms with Crippen molar-refractivity contribution in [2.45, 2.75) is 19.1 Å². The van der Waals surface area contributed by atoms with Gasteiger partial charge in [-0.05, 0) is 35.2 Å². The van der Waals surface area contributed by atoms with E-state index < -0.39 is 21.7 Å². The monoisotopic (exact) mass is 445 g/mol. The predicted octanol–water partition coefficient (Wildman–Crippen LogP) is 4.65. The van der Waals surface area contributed by atoms with Crippen LogP contribution in [0, 0.1) is 0 Å². The van der Waals surface area contributed by atoms with Crippen LogP contribution in [-0.4, -0.2) is 25.2 Å². The van der Waals surface area contributed by atoms with Crippen LogP contribution < -0.4 is 9.46 Å². The third kappa shape index (κ3) is 4.99. The molecule has 6 nitrogen and oxygen atoms in total. The second kappa shape index (κ2) is 8.87. The standard InChI is InChI=1S/C22H20ClNO5S/c1-2-22(21(25)26,29-20-9-5-7-17-6-3-4-8-19(17)20)24-30(27,28)15-14-16-10-12-18(23)13-11-16/h3-15,24H,2H2,1H3,(H,25,26). The Kier molecular flexibility index (Phi) is 6.45. The minimum Gasteiger partial charge on any atom is -0.477 e. The lowest BCUT2D eigenvalue weighted by molar-refractivity contribution is -0.156. The van der Waals surface area contributed by atoms with E-state index in [1.54, 1.807) is 48.5 Å².